The van der Waals surface area contributed by atoms with E-state index in [9.17, 15) is 9.18 Å². The van der Waals surface area contributed by atoms with Gasteiger partial charge < -0.3 is 14.5 Å². The number of piperidine rings is 1. The zero-order valence-corrected chi connectivity index (χ0v) is 18.6. The van der Waals surface area contributed by atoms with E-state index in [1.807, 2.05) is 30.9 Å². The van der Waals surface area contributed by atoms with Crippen molar-refractivity contribution in [3.8, 4) is 0 Å². The minimum absolute atomic E-state index is 0.0957. The van der Waals surface area contributed by atoms with Crippen LogP contribution in [-0.2, 0) is 4.74 Å². The van der Waals surface area contributed by atoms with Crippen molar-refractivity contribution in [2.24, 2.45) is 5.92 Å². The van der Waals surface area contributed by atoms with Gasteiger partial charge in [0.25, 0.3) is 0 Å². The lowest BCUT2D eigenvalue weighted by Gasteiger charge is -2.34. The zero-order valence-electron chi connectivity index (χ0n) is 17.8. The quantitative estimate of drug-likeness (QED) is 0.643. The first kappa shape index (κ1) is 21.3. The molecule has 2 saturated heterocycles. The van der Waals surface area contributed by atoms with Crippen molar-refractivity contribution in [2.75, 3.05) is 32.7 Å². The molecule has 0 radical (unpaired) electrons. The topological polar surface area (TPSA) is 32.8 Å². The fourth-order valence-corrected chi connectivity index (χ4v) is 5.59. The number of hydrogen-bond donors (Lipinski definition) is 0. The highest BCUT2D eigenvalue weighted by atomic mass is 32.1. The minimum atomic E-state index is -0.192. The summed E-state index contributed by atoms with van der Waals surface area (Å²) in [4.78, 5) is 16.9. The average Bonchev–Trinajstić information content (AvgIpc) is 3.38. The fraction of sp³-hybridized carbons (Fsp3) is 0.542. The van der Waals surface area contributed by atoms with Crippen LogP contribution in [0.3, 0.4) is 0 Å². The summed E-state index contributed by atoms with van der Waals surface area (Å²) in [7, 11) is 0. The van der Waals surface area contributed by atoms with Gasteiger partial charge in [0.1, 0.15) is 5.82 Å². The standard InChI is InChI=1S/C24H31FN2O2S/c1-17(2)29-24(28)27-14-21(23(15-27)20-9-12-30-16-20)13-26-10-7-19(8-11-26)18-3-5-22(25)6-4-18/h3-6,9,12,16-17,19,21,23H,7-8,10-11,13-15H2,1-2H3. The number of rotatable bonds is 5. The van der Waals surface area contributed by atoms with Crippen molar-refractivity contribution in [3.63, 3.8) is 0 Å². The minimum Gasteiger partial charge on any atom is -0.447 e. The van der Waals surface area contributed by atoms with E-state index in [1.165, 1.54) is 11.1 Å². The number of carbonyl (C=O) groups is 1. The molecule has 4 nitrogen and oxygen atoms in total. The molecule has 1 aromatic carbocycles. The fourth-order valence-electron chi connectivity index (χ4n) is 4.86. The van der Waals surface area contributed by atoms with Gasteiger partial charge in [-0.1, -0.05) is 12.1 Å². The lowest BCUT2D eigenvalue weighted by atomic mass is 9.87. The summed E-state index contributed by atoms with van der Waals surface area (Å²) in [6.45, 7) is 8.38. The largest absolute Gasteiger partial charge is 0.447 e. The van der Waals surface area contributed by atoms with Crippen molar-refractivity contribution < 1.29 is 13.9 Å². The Morgan fingerprint density at radius 3 is 2.50 bits per heavy atom. The lowest BCUT2D eigenvalue weighted by molar-refractivity contribution is 0.0815. The third-order valence-electron chi connectivity index (χ3n) is 6.43. The molecule has 30 heavy (non-hydrogen) atoms. The van der Waals surface area contributed by atoms with Gasteiger partial charge >= 0.3 is 6.09 Å². The van der Waals surface area contributed by atoms with Gasteiger partial charge in [-0.3, -0.25) is 0 Å². The predicted molar refractivity (Wildman–Crippen MR) is 119 cm³/mol. The Labute approximate surface area is 182 Å². The number of thiophene rings is 1. The van der Waals surface area contributed by atoms with Crippen LogP contribution < -0.4 is 0 Å². The van der Waals surface area contributed by atoms with Crippen LogP contribution >= 0.6 is 11.3 Å². The number of halogens is 1. The summed E-state index contributed by atoms with van der Waals surface area (Å²) >= 11 is 1.72. The molecule has 0 aliphatic carbocycles. The first-order valence-electron chi connectivity index (χ1n) is 10.9. The van der Waals surface area contributed by atoms with Crippen molar-refractivity contribution in [1.82, 2.24) is 9.80 Å². The molecule has 2 atom stereocenters. The summed E-state index contributed by atoms with van der Waals surface area (Å²) < 4.78 is 18.7. The molecular formula is C24H31FN2O2S. The Bertz CT molecular complexity index is 816. The smallest absolute Gasteiger partial charge is 0.410 e. The van der Waals surface area contributed by atoms with Crippen LogP contribution in [0.2, 0.25) is 0 Å². The highest BCUT2D eigenvalue weighted by molar-refractivity contribution is 7.08. The molecule has 3 heterocycles. The van der Waals surface area contributed by atoms with Crippen LogP contribution in [0.25, 0.3) is 0 Å². The van der Waals surface area contributed by atoms with E-state index in [2.05, 4.69) is 21.7 Å². The van der Waals surface area contributed by atoms with Crippen molar-refractivity contribution in [1.29, 1.82) is 0 Å². The molecule has 0 bridgehead atoms. The number of benzene rings is 1. The van der Waals surface area contributed by atoms with Crippen LogP contribution in [0.15, 0.2) is 41.1 Å². The van der Waals surface area contributed by atoms with Gasteiger partial charge in [0, 0.05) is 25.6 Å². The Kier molecular flexibility index (Phi) is 6.74. The van der Waals surface area contributed by atoms with E-state index >= 15 is 0 Å². The van der Waals surface area contributed by atoms with Gasteiger partial charge in [-0.25, -0.2) is 9.18 Å². The molecule has 2 aliphatic heterocycles. The van der Waals surface area contributed by atoms with E-state index in [1.54, 1.807) is 23.5 Å². The third-order valence-corrected chi connectivity index (χ3v) is 7.13. The predicted octanol–water partition coefficient (Wildman–Crippen LogP) is 5.33. The van der Waals surface area contributed by atoms with Crippen molar-refractivity contribution in [2.45, 2.75) is 44.6 Å². The van der Waals surface area contributed by atoms with E-state index in [0.717, 1.165) is 45.6 Å². The maximum atomic E-state index is 13.2. The number of hydrogen-bond acceptors (Lipinski definition) is 4. The lowest BCUT2D eigenvalue weighted by Crippen LogP contribution is -2.38. The van der Waals surface area contributed by atoms with Crippen LogP contribution in [0.4, 0.5) is 9.18 Å². The molecule has 4 rings (SSSR count). The van der Waals surface area contributed by atoms with Crippen LogP contribution in [0, 0.1) is 11.7 Å². The maximum Gasteiger partial charge on any atom is 0.410 e. The van der Waals surface area contributed by atoms with E-state index in [0.29, 0.717) is 17.8 Å². The van der Waals surface area contributed by atoms with Gasteiger partial charge in [0.2, 0.25) is 0 Å². The summed E-state index contributed by atoms with van der Waals surface area (Å²) in [5.41, 5.74) is 2.58. The summed E-state index contributed by atoms with van der Waals surface area (Å²) in [6.07, 6.45) is 1.91. The first-order chi connectivity index (χ1) is 14.5. The summed E-state index contributed by atoms with van der Waals surface area (Å²) in [6, 6.07) is 9.18. The van der Waals surface area contributed by atoms with Gasteiger partial charge in [0.15, 0.2) is 0 Å². The average molecular weight is 431 g/mol. The Morgan fingerprint density at radius 2 is 1.87 bits per heavy atom. The third kappa shape index (κ3) is 5.03. The molecule has 0 spiro atoms. The Hall–Kier alpha value is -1.92. The molecule has 1 aromatic heterocycles. The molecule has 2 aliphatic rings. The van der Waals surface area contributed by atoms with Gasteiger partial charge in [-0.15, -0.1) is 0 Å². The molecular weight excluding hydrogens is 399 g/mol. The number of ether oxygens (including phenoxy) is 1. The molecule has 0 saturated carbocycles. The molecule has 162 valence electrons. The molecule has 2 unspecified atom stereocenters. The van der Waals surface area contributed by atoms with Gasteiger partial charge in [-0.2, -0.15) is 11.3 Å². The number of likely N-dealkylation sites (tertiary alicyclic amines) is 2. The van der Waals surface area contributed by atoms with Crippen LogP contribution in [0.1, 0.15) is 49.7 Å². The molecule has 2 fully saturated rings. The number of amides is 1. The summed E-state index contributed by atoms with van der Waals surface area (Å²) in [5, 5.41) is 4.34. The normalized spacial score (nSPS) is 23.3. The molecule has 1 amide bonds. The van der Waals surface area contributed by atoms with Gasteiger partial charge in [-0.05, 0) is 91.7 Å². The van der Waals surface area contributed by atoms with E-state index in [4.69, 9.17) is 4.74 Å². The zero-order chi connectivity index (χ0) is 21.1. The van der Waals surface area contributed by atoms with Crippen LogP contribution in [0.5, 0.6) is 0 Å². The highest BCUT2D eigenvalue weighted by Gasteiger charge is 2.38. The number of nitrogens with zero attached hydrogens (tertiary/aromatic N) is 2. The van der Waals surface area contributed by atoms with Gasteiger partial charge in [0.05, 0.1) is 6.10 Å². The second kappa shape index (κ2) is 9.48. The van der Waals surface area contributed by atoms with E-state index in [-0.39, 0.29) is 18.0 Å². The van der Waals surface area contributed by atoms with E-state index < -0.39 is 0 Å². The Morgan fingerprint density at radius 1 is 1.13 bits per heavy atom. The highest BCUT2D eigenvalue weighted by Crippen LogP contribution is 2.36. The molecule has 2 aromatic rings. The SMILES string of the molecule is CC(C)OC(=O)N1CC(CN2CCC(c3ccc(F)cc3)CC2)C(c2ccsc2)C1. The second-order valence-corrected chi connectivity index (χ2v) is 9.67. The van der Waals surface area contributed by atoms with Crippen molar-refractivity contribution in [3.05, 3.63) is 58.0 Å². The summed E-state index contributed by atoms with van der Waals surface area (Å²) in [5.74, 6) is 1.13. The monoisotopic (exact) mass is 430 g/mol. The first-order valence-corrected chi connectivity index (χ1v) is 11.9. The second-order valence-electron chi connectivity index (χ2n) is 8.89. The molecule has 6 heteroatoms. The number of carbonyl (C=O) groups excluding carboxylic acids is 1. The van der Waals surface area contributed by atoms with Crippen molar-refractivity contribution >= 4 is 17.4 Å². The molecule has 0 N–H and O–H groups in total. The Balaban J connectivity index is 1.37. The maximum absolute atomic E-state index is 13.2. The van der Waals surface area contributed by atoms with Crippen LogP contribution in [-0.4, -0.2) is 54.7 Å².